The van der Waals surface area contributed by atoms with E-state index in [4.69, 9.17) is 5.26 Å². The van der Waals surface area contributed by atoms with Gasteiger partial charge in [0.1, 0.15) is 6.04 Å². The lowest BCUT2D eigenvalue weighted by Gasteiger charge is -2.14. The molecule has 0 saturated heterocycles. The lowest BCUT2D eigenvalue weighted by atomic mass is 10.3. The second-order valence-electron chi connectivity index (χ2n) is 1.94. The average molecular weight is 162 g/mol. The fourth-order valence-electron chi connectivity index (χ4n) is 0.393. The molecule has 0 aliphatic carbocycles. The van der Waals surface area contributed by atoms with Crippen molar-refractivity contribution < 1.29 is 0 Å². The summed E-state index contributed by atoms with van der Waals surface area (Å²) in [6.45, 7) is 0. The van der Waals surface area contributed by atoms with Crippen molar-refractivity contribution in [3.05, 3.63) is 0 Å². The molecule has 0 radical (unpaired) electrons. The highest BCUT2D eigenvalue weighted by Crippen LogP contribution is 2.12. The van der Waals surface area contributed by atoms with Gasteiger partial charge in [-0.15, -0.1) is 11.4 Å². The van der Waals surface area contributed by atoms with Crippen molar-refractivity contribution in [2.45, 2.75) is 6.04 Å². The minimum absolute atomic E-state index is 0.0486. The van der Waals surface area contributed by atoms with E-state index >= 15 is 0 Å². The number of nitrogens with zero attached hydrogens (tertiary/aromatic N) is 2. The summed E-state index contributed by atoms with van der Waals surface area (Å²) in [5.41, 5.74) is 0. The molecule has 0 aromatic rings. The van der Waals surface area contributed by atoms with Crippen LogP contribution in [0.25, 0.3) is 0 Å². The lowest BCUT2D eigenvalue weighted by Crippen LogP contribution is -2.27. The van der Waals surface area contributed by atoms with E-state index in [-0.39, 0.29) is 6.04 Å². The number of rotatable bonds is 3. The van der Waals surface area contributed by atoms with Gasteiger partial charge in [-0.1, -0.05) is 8.44 Å². The van der Waals surface area contributed by atoms with Crippen LogP contribution in [0.3, 0.4) is 0 Å². The fourth-order valence-corrected chi connectivity index (χ4v) is 1.49. The highest BCUT2D eigenvalue weighted by Gasteiger charge is 2.06. The second kappa shape index (κ2) is 5.05. The molecule has 4 heteroatoms. The predicted octanol–water partition coefficient (Wildman–Crippen LogP) is 0.963. The van der Waals surface area contributed by atoms with Crippen LogP contribution in [0.5, 0.6) is 0 Å². The van der Waals surface area contributed by atoms with Gasteiger partial charge in [0.25, 0.3) is 0 Å². The number of nitriles is 1. The molecule has 0 bridgehead atoms. The van der Waals surface area contributed by atoms with Crippen molar-refractivity contribution in [3.8, 4) is 6.07 Å². The zero-order chi connectivity index (χ0) is 7.28. The first-order valence-corrected chi connectivity index (χ1v) is 5.06. The van der Waals surface area contributed by atoms with E-state index in [2.05, 4.69) is 14.5 Å². The van der Waals surface area contributed by atoms with Gasteiger partial charge in [-0.2, -0.15) is 5.26 Å². The summed E-state index contributed by atoms with van der Waals surface area (Å²) in [5.74, 6) is 0.855. The normalized spacial score (nSPS) is 13.2. The molecule has 0 rings (SSSR count). The van der Waals surface area contributed by atoms with Gasteiger partial charge in [-0.05, 0) is 14.1 Å². The quantitative estimate of drug-likeness (QED) is 0.578. The number of hydrogen-bond donors (Lipinski definition) is 0. The summed E-state index contributed by atoms with van der Waals surface area (Å²) in [7, 11) is 6.36. The Labute approximate surface area is 62.6 Å². The molecule has 0 aliphatic heterocycles. The molecule has 0 amide bonds. The minimum atomic E-state index is 0.0486. The molecule has 0 saturated carbocycles. The van der Waals surface area contributed by atoms with Gasteiger partial charge < -0.3 is 0 Å². The molecule has 0 aliphatic rings. The third kappa shape index (κ3) is 3.75. The molecule has 0 heterocycles. The van der Waals surface area contributed by atoms with Crippen LogP contribution in [0.15, 0.2) is 0 Å². The Kier molecular flexibility index (Phi) is 5.18. The molecular formula is C5H11N2PS. The molecule has 9 heavy (non-hydrogen) atoms. The zero-order valence-electron chi connectivity index (χ0n) is 5.66. The maximum Gasteiger partial charge on any atom is 0.107 e. The van der Waals surface area contributed by atoms with Crippen LogP contribution in [0.4, 0.5) is 0 Å². The van der Waals surface area contributed by atoms with Crippen LogP contribution in [0.2, 0.25) is 0 Å². The molecule has 2 atom stereocenters. The summed E-state index contributed by atoms with van der Waals surface area (Å²) in [4.78, 5) is 1.91. The van der Waals surface area contributed by atoms with E-state index in [0.29, 0.717) is 0 Å². The molecule has 0 aromatic heterocycles. The SMILES string of the molecule is CN(C)C(C#N)CSP. The summed E-state index contributed by atoms with van der Waals surface area (Å²) in [5, 5.41) is 8.51. The molecule has 52 valence electrons. The van der Waals surface area contributed by atoms with Crippen LogP contribution >= 0.6 is 19.8 Å². The number of hydrogen-bond acceptors (Lipinski definition) is 3. The summed E-state index contributed by atoms with van der Waals surface area (Å²) >= 11 is 1.62. The monoisotopic (exact) mass is 162 g/mol. The highest BCUT2D eigenvalue weighted by molar-refractivity contribution is 8.43. The molecule has 0 fully saturated rings. The topological polar surface area (TPSA) is 27.0 Å². The minimum Gasteiger partial charge on any atom is -0.294 e. The van der Waals surface area contributed by atoms with Gasteiger partial charge in [0.05, 0.1) is 6.07 Å². The van der Waals surface area contributed by atoms with Crippen molar-refractivity contribution in [1.29, 1.82) is 5.26 Å². The maximum absolute atomic E-state index is 8.51. The van der Waals surface area contributed by atoms with Gasteiger partial charge in [0.2, 0.25) is 0 Å². The Morgan fingerprint density at radius 3 is 2.44 bits per heavy atom. The second-order valence-corrected chi connectivity index (χ2v) is 3.61. The van der Waals surface area contributed by atoms with Gasteiger partial charge in [-0.25, -0.2) is 0 Å². The molecular weight excluding hydrogens is 151 g/mol. The Bertz CT molecular complexity index is 110. The van der Waals surface area contributed by atoms with E-state index in [1.165, 1.54) is 0 Å². The van der Waals surface area contributed by atoms with E-state index in [0.717, 1.165) is 5.75 Å². The molecule has 0 N–H and O–H groups in total. The Morgan fingerprint density at radius 2 is 2.33 bits per heavy atom. The standard InChI is InChI=1S/C5H11N2PS/c1-7(2)5(3-6)4-9-8/h5H,4,8H2,1-2H3. The van der Waals surface area contributed by atoms with E-state index in [1.54, 1.807) is 11.4 Å². The Balaban J connectivity index is 3.58. The van der Waals surface area contributed by atoms with E-state index in [1.807, 2.05) is 19.0 Å². The van der Waals surface area contributed by atoms with Gasteiger partial charge >= 0.3 is 0 Å². The summed E-state index contributed by atoms with van der Waals surface area (Å²) in [6, 6.07) is 2.24. The lowest BCUT2D eigenvalue weighted by molar-refractivity contribution is 0.375. The first kappa shape index (κ1) is 9.23. The molecule has 2 unspecified atom stereocenters. The molecule has 0 spiro atoms. The van der Waals surface area contributed by atoms with Gasteiger partial charge in [-0.3, -0.25) is 4.90 Å². The van der Waals surface area contributed by atoms with Crippen molar-refractivity contribution in [3.63, 3.8) is 0 Å². The third-order valence-corrected chi connectivity index (χ3v) is 2.11. The Morgan fingerprint density at radius 1 is 1.78 bits per heavy atom. The Hall–Kier alpha value is 0.230. The van der Waals surface area contributed by atoms with Crippen LogP contribution < -0.4 is 0 Å². The van der Waals surface area contributed by atoms with Crippen molar-refractivity contribution in [1.82, 2.24) is 4.90 Å². The zero-order valence-corrected chi connectivity index (χ0v) is 7.64. The highest BCUT2D eigenvalue weighted by atomic mass is 32.7. The van der Waals surface area contributed by atoms with Crippen LogP contribution in [0.1, 0.15) is 0 Å². The van der Waals surface area contributed by atoms with Crippen LogP contribution in [-0.2, 0) is 0 Å². The molecule has 2 nitrogen and oxygen atoms in total. The molecule has 0 aromatic carbocycles. The first-order chi connectivity index (χ1) is 4.22. The van der Waals surface area contributed by atoms with Crippen molar-refractivity contribution in [2.75, 3.05) is 19.8 Å². The summed E-state index contributed by atoms with van der Waals surface area (Å²) < 4.78 is 0. The van der Waals surface area contributed by atoms with Crippen molar-refractivity contribution in [2.24, 2.45) is 0 Å². The van der Waals surface area contributed by atoms with E-state index in [9.17, 15) is 0 Å². The van der Waals surface area contributed by atoms with Crippen LogP contribution in [-0.4, -0.2) is 30.8 Å². The average Bonchev–Trinajstić information content (AvgIpc) is 1.82. The van der Waals surface area contributed by atoms with Crippen molar-refractivity contribution >= 4 is 19.8 Å². The largest absolute Gasteiger partial charge is 0.294 e. The van der Waals surface area contributed by atoms with E-state index < -0.39 is 0 Å². The maximum atomic E-state index is 8.51. The smallest absolute Gasteiger partial charge is 0.107 e. The summed E-state index contributed by atoms with van der Waals surface area (Å²) in [6.07, 6.45) is 0. The fraction of sp³-hybridized carbons (Fsp3) is 0.800. The van der Waals surface area contributed by atoms with Gasteiger partial charge in [0.15, 0.2) is 0 Å². The predicted molar refractivity (Wildman–Crippen MR) is 45.3 cm³/mol. The van der Waals surface area contributed by atoms with Gasteiger partial charge in [0, 0.05) is 5.75 Å². The first-order valence-electron chi connectivity index (χ1n) is 2.60. The van der Waals surface area contributed by atoms with Crippen LogP contribution in [0, 0.1) is 11.3 Å². The third-order valence-electron chi connectivity index (χ3n) is 1.03.